The number of rotatable bonds is 1. The van der Waals surface area contributed by atoms with E-state index in [1.165, 1.54) is 15.6 Å². The number of aryl methyl sites for hydroxylation is 2. The van der Waals surface area contributed by atoms with Gasteiger partial charge in [0.15, 0.2) is 0 Å². The van der Waals surface area contributed by atoms with E-state index >= 15 is 0 Å². The number of hydrogen-bond acceptors (Lipinski definition) is 3. The van der Waals surface area contributed by atoms with Gasteiger partial charge in [-0.1, -0.05) is 15.9 Å². The predicted octanol–water partition coefficient (Wildman–Crippen LogP) is 1.88. The summed E-state index contributed by atoms with van der Waals surface area (Å²) in [6, 6.07) is 4.24. The van der Waals surface area contributed by atoms with Crippen molar-refractivity contribution in [3.8, 4) is 0 Å². The number of hydrazine groups is 1. The van der Waals surface area contributed by atoms with E-state index in [0.29, 0.717) is 6.67 Å². The molecule has 0 amide bonds. The monoisotopic (exact) mass is 253 g/mol. The van der Waals surface area contributed by atoms with Crippen molar-refractivity contribution in [2.24, 2.45) is 4.99 Å². The quantitative estimate of drug-likeness (QED) is 0.802. The Bertz CT molecular complexity index is 375. The maximum atomic E-state index is 4.30. The van der Waals surface area contributed by atoms with Gasteiger partial charge in [0.2, 0.25) is 0 Å². The van der Waals surface area contributed by atoms with Crippen LogP contribution >= 0.6 is 15.9 Å². The summed E-state index contributed by atoms with van der Waals surface area (Å²) < 4.78 is 1.17. The van der Waals surface area contributed by atoms with E-state index in [1.807, 2.05) is 0 Å². The van der Waals surface area contributed by atoms with Crippen LogP contribution in [-0.2, 0) is 0 Å². The number of nitrogens with one attached hydrogen (secondary N) is 2. The molecule has 2 N–H and O–H groups in total. The van der Waals surface area contributed by atoms with E-state index in [9.17, 15) is 0 Å². The highest BCUT2D eigenvalue weighted by Gasteiger charge is 2.10. The van der Waals surface area contributed by atoms with Crippen molar-refractivity contribution in [2.45, 2.75) is 13.8 Å². The molecule has 1 aromatic rings. The van der Waals surface area contributed by atoms with Crippen LogP contribution in [0, 0.1) is 13.8 Å². The fourth-order valence-electron chi connectivity index (χ4n) is 1.53. The summed E-state index contributed by atoms with van der Waals surface area (Å²) in [5.74, 6) is 0.920. The maximum absolute atomic E-state index is 4.30. The molecular weight excluding hydrogens is 242 g/mol. The average Bonchev–Trinajstić information content (AvgIpc) is 2.66. The molecule has 0 saturated carbocycles. The van der Waals surface area contributed by atoms with E-state index in [1.54, 1.807) is 0 Å². The molecule has 0 saturated heterocycles. The van der Waals surface area contributed by atoms with Crippen molar-refractivity contribution in [1.82, 2.24) is 10.9 Å². The first kappa shape index (κ1) is 9.68. The molecule has 0 spiro atoms. The number of aliphatic imine (C=N–C) groups is 1. The minimum atomic E-state index is 0.642. The summed E-state index contributed by atoms with van der Waals surface area (Å²) in [4.78, 5) is 4.30. The van der Waals surface area contributed by atoms with Gasteiger partial charge in [-0.25, -0.2) is 10.4 Å². The van der Waals surface area contributed by atoms with Crippen LogP contribution in [0.25, 0.3) is 0 Å². The van der Waals surface area contributed by atoms with Gasteiger partial charge < -0.3 is 5.43 Å². The van der Waals surface area contributed by atoms with Crippen LogP contribution in [0.1, 0.15) is 16.7 Å². The van der Waals surface area contributed by atoms with Gasteiger partial charge in [0, 0.05) is 10.0 Å². The van der Waals surface area contributed by atoms with Gasteiger partial charge >= 0.3 is 0 Å². The van der Waals surface area contributed by atoms with E-state index < -0.39 is 0 Å². The minimum Gasteiger partial charge on any atom is -0.304 e. The first-order valence-electron chi connectivity index (χ1n) is 4.49. The summed E-state index contributed by atoms with van der Waals surface area (Å²) in [6.45, 7) is 4.82. The van der Waals surface area contributed by atoms with Crippen molar-refractivity contribution < 1.29 is 0 Å². The highest BCUT2D eigenvalue weighted by Crippen LogP contribution is 2.22. The Balaban J connectivity index is 2.45. The first-order valence-corrected chi connectivity index (χ1v) is 5.28. The normalized spacial score (nSPS) is 15.2. The van der Waals surface area contributed by atoms with Crippen molar-refractivity contribution >= 4 is 21.8 Å². The van der Waals surface area contributed by atoms with Gasteiger partial charge in [-0.05, 0) is 37.1 Å². The van der Waals surface area contributed by atoms with Crippen LogP contribution in [0.5, 0.6) is 0 Å². The number of hydrogen-bond donors (Lipinski definition) is 2. The largest absolute Gasteiger partial charge is 0.304 e. The second kappa shape index (κ2) is 3.71. The highest BCUT2D eigenvalue weighted by molar-refractivity contribution is 9.10. The summed E-state index contributed by atoms with van der Waals surface area (Å²) in [6.07, 6.45) is 0. The smallest absolute Gasteiger partial charge is 0.144 e. The molecule has 0 bridgehead atoms. The van der Waals surface area contributed by atoms with Crippen LogP contribution in [0.2, 0.25) is 0 Å². The molecule has 1 aliphatic heterocycles. The summed E-state index contributed by atoms with van der Waals surface area (Å²) >= 11 is 3.55. The van der Waals surface area contributed by atoms with Gasteiger partial charge in [-0.15, -0.1) is 0 Å². The van der Waals surface area contributed by atoms with E-state index in [0.717, 1.165) is 11.4 Å². The zero-order valence-electron chi connectivity index (χ0n) is 8.19. The van der Waals surface area contributed by atoms with Crippen molar-refractivity contribution in [2.75, 3.05) is 6.67 Å². The molecule has 3 nitrogen and oxygen atoms in total. The lowest BCUT2D eigenvalue weighted by Crippen LogP contribution is -2.30. The van der Waals surface area contributed by atoms with E-state index in [-0.39, 0.29) is 0 Å². The highest BCUT2D eigenvalue weighted by atomic mass is 79.9. The molecule has 0 atom stereocenters. The summed E-state index contributed by atoms with van der Waals surface area (Å²) in [7, 11) is 0. The predicted molar refractivity (Wildman–Crippen MR) is 61.3 cm³/mol. The Labute approximate surface area is 91.7 Å². The van der Waals surface area contributed by atoms with Gasteiger partial charge in [0.1, 0.15) is 12.5 Å². The van der Waals surface area contributed by atoms with Gasteiger partial charge in [-0.2, -0.15) is 0 Å². The molecule has 0 radical (unpaired) electrons. The molecule has 1 heterocycles. The minimum absolute atomic E-state index is 0.642. The van der Waals surface area contributed by atoms with Gasteiger partial charge in [0.05, 0.1) is 0 Å². The Morgan fingerprint density at radius 1 is 1.29 bits per heavy atom. The lowest BCUT2D eigenvalue weighted by atomic mass is 10.1. The zero-order valence-corrected chi connectivity index (χ0v) is 9.77. The van der Waals surface area contributed by atoms with Gasteiger partial charge in [-0.3, -0.25) is 0 Å². The Hall–Kier alpha value is -0.870. The molecule has 0 aliphatic carbocycles. The fraction of sp³-hybridized carbons (Fsp3) is 0.300. The Morgan fingerprint density at radius 3 is 2.43 bits per heavy atom. The molecule has 0 fully saturated rings. The molecule has 2 rings (SSSR count). The van der Waals surface area contributed by atoms with Gasteiger partial charge in [0.25, 0.3) is 0 Å². The van der Waals surface area contributed by atoms with Crippen molar-refractivity contribution in [3.63, 3.8) is 0 Å². The zero-order chi connectivity index (χ0) is 10.1. The number of amidine groups is 1. The molecule has 1 aromatic carbocycles. The Morgan fingerprint density at radius 2 is 1.93 bits per heavy atom. The summed E-state index contributed by atoms with van der Waals surface area (Å²) in [5, 5.41) is 0. The molecule has 74 valence electrons. The van der Waals surface area contributed by atoms with Crippen LogP contribution in [0.4, 0.5) is 0 Å². The molecule has 1 aliphatic rings. The fourth-order valence-corrected chi connectivity index (χ4v) is 1.76. The van der Waals surface area contributed by atoms with Crippen LogP contribution in [0.15, 0.2) is 21.6 Å². The topological polar surface area (TPSA) is 36.4 Å². The SMILES string of the molecule is Cc1cc(C2=NCNN2)cc(C)c1Br. The van der Waals surface area contributed by atoms with Crippen LogP contribution in [0.3, 0.4) is 0 Å². The number of halogens is 1. The van der Waals surface area contributed by atoms with Crippen molar-refractivity contribution in [3.05, 3.63) is 33.3 Å². The third-order valence-corrected chi connectivity index (χ3v) is 3.48. The average molecular weight is 254 g/mol. The lowest BCUT2D eigenvalue weighted by molar-refractivity contribution is 0.727. The first-order chi connectivity index (χ1) is 6.68. The number of nitrogens with zero attached hydrogens (tertiary/aromatic N) is 1. The standard InChI is InChI=1S/C10H12BrN3/c1-6-3-8(4-7(2)9(6)11)10-12-5-13-14-10/h3-4,13H,5H2,1-2H3,(H,12,14). The van der Waals surface area contributed by atoms with Crippen LogP contribution < -0.4 is 10.9 Å². The molecule has 0 aromatic heterocycles. The molecule has 14 heavy (non-hydrogen) atoms. The van der Waals surface area contributed by atoms with Crippen molar-refractivity contribution in [1.29, 1.82) is 0 Å². The Kier molecular flexibility index (Phi) is 2.56. The third-order valence-electron chi connectivity index (χ3n) is 2.23. The van der Waals surface area contributed by atoms with Crippen LogP contribution in [-0.4, -0.2) is 12.5 Å². The second-order valence-corrected chi connectivity index (χ2v) is 4.18. The second-order valence-electron chi connectivity index (χ2n) is 3.39. The summed E-state index contributed by atoms with van der Waals surface area (Å²) in [5.41, 5.74) is 9.59. The maximum Gasteiger partial charge on any atom is 0.144 e. The molecule has 0 unspecified atom stereocenters. The van der Waals surface area contributed by atoms with E-state index in [4.69, 9.17) is 0 Å². The lowest BCUT2D eigenvalue weighted by Gasteiger charge is -2.07. The molecular formula is C10H12BrN3. The third kappa shape index (κ3) is 1.67. The van der Waals surface area contributed by atoms with E-state index in [2.05, 4.69) is 57.8 Å². The molecule has 4 heteroatoms. The number of benzene rings is 1.